The molecule has 0 amide bonds. The number of rotatable bonds is 5. The highest BCUT2D eigenvalue weighted by Gasteiger charge is 2.18. The maximum Gasteiger partial charge on any atom is 0.227 e. The van der Waals surface area contributed by atoms with Gasteiger partial charge < -0.3 is 9.30 Å². The van der Waals surface area contributed by atoms with Gasteiger partial charge in [0.25, 0.3) is 0 Å². The van der Waals surface area contributed by atoms with Crippen molar-refractivity contribution in [3.05, 3.63) is 42.2 Å². The van der Waals surface area contributed by atoms with Gasteiger partial charge in [0.1, 0.15) is 5.75 Å². The first-order chi connectivity index (χ1) is 9.03. The van der Waals surface area contributed by atoms with E-state index in [9.17, 15) is 8.42 Å². The van der Waals surface area contributed by atoms with E-state index in [1.165, 1.54) is 10.8 Å². The Morgan fingerprint density at radius 3 is 2.47 bits per heavy atom. The molecule has 1 heterocycles. The summed E-state index contributed by atoms with van der Waals surface area (Å²) in [5.74, 6) is 0.806. The molecule has 0 N–H and O–H groups in total. The molecule has 0 unspecified atom stereocenters. The van der Waals surface area contributed by atoms with Crippen molar-refractivity contribution in [2.24, 2.45) is 7.05 Å². The molecule has 0 saturated heterocycles. The minimum absolute atomic E-state index is 0.0458. The van der Waals surface area contributed by atoms with E-state index in [0.29, 0.717) is 6.42 Å². The van der Waals surface area contributed by atoms with Gasteiger partial charge in [-0.1, -0.05) is 12.1 Å². The highest BCUT2D eigenvalue weighted by molar-refractivity contribution is 7.91. The van der Waals surface area contributed by atoms with Crippen molar-refractivity contribution in [3.63, 3.8) is 0 Å². The van der Waals surface area contributed by atoms with Crippen LogP contribution >= 0.6 is 0 Å². The van der Waals surface area contributed by atoms with Crippen LogP contribution in [0.5, 0.6) is 5.75 Å². The van der Waals surface area contributed by atoms with Gasteiger partial charge in [0, 0.05) is 19.4 Å². The first-order valence-corrected chi connectivity index (χ1v) is 7.51. The van der Waals surface area contributed by atoms with Crippen molar-refractivity contribution in [1.82, 2.24) is 9.55 Å². The third-order valence-electron chi connectivity index (χ3n) is 2.87. The average molecular weight is 280 g/mol. The maximum absolute atomic E-state index is 12.1. The molecule has 2 aromatic rings. The van der Waals surface area contributed by atoms with E-state index in [1.807, 2.05) is 24.3 Å². The van der Waals surface area contributed by atoms with E-state index in [-0.39, 0.29) is 10.9 Å². The first-order valence-electron chi connectivity index (χ1n) is 5.86. The van der Waals surface area contributed by atoms with Crippen molar-refractivity contribution in [2.45, 2.75) is 11.6 Å². The predicted octanol–water partition coefficient (Wildman–Crippen LogP) is 1.45. The van der Waals surface area contributed by atoms with Gasteiger partial charge in [-0.2, -0.15) is 0 Å². The van der Waals surface area contributed by atoms with Crippen LogP contribution in [0.15, 0.2) is 41.8 Å². The quantitative estimate of drug-likeness (QED) is 0.831. The minimum atomic E-state index is -3.34. The molecule has 19 heavy (non-hydrogen) atoms. The second kappa shape index (κ2) is 5.44. The fraction of sp³-hybridized carbons (Fsp3) is 0.308. The van der Waals surface area contributed by atoms with Gasteiger partial charge in [-0.15, -0.1) is 0 Å². The molecule has 1 aromatic heterocycles. The van der Waals surface area contributed by atoms with Crippen LogP contribution in [0.2, 0.25) is 0 Å². The SMILES string of the molecule is COc1ccc(CCS(=O)(=O)c2nccn2C)cc1. The van der Waals surface area contributed by atoms with Crippen LogP contribution in [0.1, 0.15) is 5.56 Å². The third-order valence-corrected chi connectivity index (χ3v) is 4.56. The Hall–Kier alpha value is -1.82. The number of methoxy groups -OCH3 is 1. The molecule has 0 radical (unpaired) electrons. The van der Waals surface area contributed by atoms with E-state index < -0.39 is 9.84 Å². The molecule has 2 rings (SSSR count). The van der Waals surface area contributed by atoms with Crippen molar-refractivity contribution < 1.29 is 13.2 Å². The van der Waals surface area contributed by atoms with E-state index in [2.05, 4.69) is 4.98 Å². The number of benzene rings is 1. The zero-order valence-electron chi connectivity index (χ0n) is 10.9. The Morgan fingerprint density at radius 2 is 1.95 bits per heavy atom. The van der Waals surface area contributed by atoms with Gasteiger partial charge in [-0.3, -0.25) is 0 Å². The van der Waals surface area contributed by atoms with Crippen molar-refractivity contribution >= 4 is 9.84 Å². The molecule has 0 aliphatic rings. The molecule has 0 bridgehead atoms. The van der Waals surface area contributed by atoms with E-state index in [0.717, 1.165) is 11.3 Å². The lowest BCUT2D eigenvalue weighted by molar-refractivity contribution is 0.414. The van der Waals surface area contributed by atoms with Gasteiger partial charge in [0.2, 0.25) is 15.0 Å². The van der Waals surface area contributed by atoms with Crippen molar-refractivity contribution in [1.29, 1.82) is 0 Å². The Kier molecular flexibility index (Phi) is 3.90. The first kappa shape index (κ1) is 13.6. The van der Waals surface area contributed by atoms with Crippen LogP contribution in [0, 0.1) is 0 Å². The van der Waals surface area contributed by atoms with Gasteiger partial charge in [0.05, 0.1) is 12.9 Å². The lowest BCUT2D eigenvalue weighted by Gasteiger charge is -2.05. The van der Waals surface area contributed by atoms with Crippen molar-refractivity contribution in [3.8, 4) is 5.75 Å². The molecule has 0 aliphatic carbocycles. The zero-order valence-corrected chi connectivity index (χ0v) is 11.7. The molecule has 0 fully saturated rings. The molecule has 102 valence electrons. The number of ether oxygens (including phenoxy) is 1. The minimum Gasteiger partial charge on any atom is -0.497 e. The van der Waals surface area contributed by atoms with Gasteiger partial charge >= 0.3 is 0 Å². The van der Waals surface area contributed by atoms with E-state index in [1.54, 1.807) is 20.4 Å². The van der Waals surface area contributed by atoms with Crippen LogP contribution in [-0.4, -0.2) is 30.8 Å². The number of hydrogen-bond acceptors (Lipinski definition) is 4. The van der Waals surface area contributed by atoms with Crippen LogP contribution in [0.3, 0.4) is 0 Å². The topological polar surface area (TPSA) is 61.2 Å². The van der Waals surface area contributed by atoms with E-state index in [4.69, 9.17) is 4.74 Å². The summed E-state index contributed by atoms with van der Waals surface area (Å²) in [5.41, 5.74) is 0.957. The number of nitrogens with zero attached hydrogens (tertiary/aromatic N) is 2. The summed E-state index contributed by atoms with van der Waals surface area (Å²) >= 11 is 0. The average Bonchev–Trinajstić information content (AvgIpc) is 2.84. The standard InChI is InChI=1S/C13H16N2O3S/c1-15-9-8-14-13(15)19(16,17)10-7-11-3-5-12(18-2)6-4-11/h3-6,8-9H,7,10H2,1-2H3. The van der Waals surface area contributed by atoms with Crippen LogP contribution in [0.4, 0.5) is 0 Å². The summed E-state index contributed by atoms with van der Waals surface area (Å²) in [5, 5.41) is 0.112. The molecule has 6 heteroatoms. The smallest absolute Gasteiger partial charge is 0.227 e. The van der Waals surface area contributed by atoms with Crippen LogP contribution in [-0.2, 0) is 23.3 Å². The summed E-state index contributed by atoms with van der Waals surface area (Å²) < 4.78 is 30.8. The summed E-state index contributed by atoms with van der Waals surface area (Å²) in [6.45, 7) is 0. The normalized spacial score (nSPS) is 11.5. The highest BCUT2D eigenvalue weighted by atomic mass is 32.2. The van der Waals surface area contributed by atoms with Gasteiger partial charge in [-0.25, -0.2) is 13.4 Å². The summed E-state index contributed by atoms with van der Waals surface area (Å²) in [7, 11) is -0.0693. The fourth-order valence-corrected chi connectivity index (χ4v) is 3.20. The summed E-state index contributed by atoms with van der Waals surface area (Å²) in [4.78, 5) is 3.88. The molecule has 0 spiro atoms. The van der Waals surface area contributed by atoms with Gasteiger partial charge in [0.15, 0.2) is 0 Å². The molecule has 0 aliphatic heterocycles. The molecule has 1 aromatic carbocycles. The number of aromatic nitrogens is 2. The number of aryl methyl sites for hydroxylation is 2. The monoisotopic (exact) mass is 280 g/mol. The number of imidazole rings is 1. The Bertz CT molecular complexity index is 645. The molecule has 0 saturated carbocycles. The van der Waals surface area contributed by atoms with Crippen LogP contribution < -0.4 is 4.74 Å². The third kappa shape index (κ3) is 3.14. The lowest BCUT2D eigenvalue weighted by atomic mass is 10.2. The second-order valence-electron chi connectivity index (χ2n) is 4.24. The Labute approximate surface area is 112 Å². The fourth-order valence-electron chi connectivity index (χ4n) is 1.79. The maximum atomic E-state index is 12.1. The van der Waals surface area contributed by atoms with Crippen LogP contribution in [0.25, 0.3) is 0 Å². The lowest BCUT2D eigenvalue weighted by Crippen LogP contribution is -2.14. The Balaban J connectivity index is 2.07. The second-order valence-corrected chi connectivity index (χ2v) is 6.24. The highest BCUT2D eigenvalue weighted by Crippen LogP contribution is 2.14. The predicted molar refractivity (Wildman–Crippen MR) is 72.0 cm³/mol. The summed E-state index contributed by atoms with van der Waals surface area (Å²) in [6.07, 6.45) is 3.57. The molecule has 5 nitrogen and oxygen atoms in total. The zero-order chi connectivity index (χ0) is 13.9. The summed E-state index contributed by atoms with van der Waals surface area (Å²) in [6, 6.07) is 7.38. The Morgan fingerprint density at radius 1 is 1.26 bits per heavy atom. The molecular formula is C13H16N2O3S. The van der Waals surface area contributed by atoms with E-state index >= 15 is 0 Å². The van der Waals surface area contributed by atoms with Gasteiger partial charge in [-0.05, 0) is 24.1 Å². The number of sulfone groups is 1. The number of hydrogen-bond donors (Lipinski definition) is 0. The molecule has 0 atom stereocenters. The largest absolute Gasteiger partial charge is 0.497 e. The molecular weight excluding hydrogens is 264 g/mol. The van der Waals surface area contributed by atoms with Crippen molar-refractivity contribution in [2.75, 3.05) is 12.9 Å².